The van der Waals surface area contributed by atoms with Crippen molar-refractivity contribution < 1.29 is 19.1 Å². The van der Waals surface area contributed by atoms with Crippen molar-refractivity contribution in [1.82, 2.24) is 5.32 Å². The van der Waals surface area contributed by atoms with Gasteiger partial charge in [-0.1, -0.05) is 23.2 Å². The zero-order valence-corrected chi connectivity index (χ0v) is 11.3. The quantitative estimate of drug-likeness (QED) is 0.861. The standard InChI is InChI=1S/C11H11Cl2NO4/c1-17-9(15)5-14-11(16)6-3-7(12)10(18-2)8(13)4-6/h3-4H,5H2,1-2H3,(H,14,16). The van der Waals surface area contributed by atoms with E-state index in [1.807, 2.05) is 0 Å². The molecule has 0 aliphatic rings. The summed E-state index contributed by atoms with van der Waals surface area (Å²) in [5, 5.41) is 2.80. The van der Waals surface area contributed by atoms with Crippen molar-refractivity contribution in [3.8, 4) is 5.75 Å². The lowest BCUT2D eigenvalue weighted by Crippen LogP contribution is -2.30. The van der Waals surface area contributed by atoms with Gasteiger partial charge in [0.2, 0.25) is 0 Å². The second kappa shape index (κ2) is 6.47. The summed E-state index contributed by atoms with van der Waals surface area (Å²) in [6.07, 6.45) is 0. The van der Waals surface area contributed by atoms with Gasteiger partial charge in [-0.25, -0.2) is 0 Å². The van der Waals surface area contributed by atoms with Gasteiger partial charge in [-0.05, 0) is 12.1 Å². The van der Waals surface area contributed by atoms with Gasteiger partial charge in [0.15, 0.2) is 5.75 Å². The van der Waals surface area contributed by atoms with Crippen LogP contribution in [-0.2, 0) is 9.53 Å². The number of carbonyl (C=O) groups excluding carboxylic acids is 2. The van der Waals surface area contributed by atoms with Gasteiger partial charge in [-0.3, -0.25) is 9.59 Å². The minimum Gasteiger partial charge on any atom is -0.494 e. The molecule has 1 aromatic carbocycles. The smallest absolute Gasteiger partial charge is 0.325 e. The summed E-state index contributed by atoms with van der Waals surface area (Å²) < 4.78 is 9.35. The maximum absolute atomic E-state index is 11.7. The summed E-state index contributed by atoms with van der Waals surface area (Å²) in [4.78, 5) is 22.6. The molecular weight excluding hydrogens is 281 g/mol. The van der Waals surface area contributed by atoms with Gasteiger partial charge in [0.05, 0.1) is 24.3 Å². The van der Waals surface area contributed by atoms with Crippen molar-refractivity contribution in [2.45, 2.75) is 0 Å². The van der Waals surface area contributed by atoms with E-state index >= 15 is 0 Å². The SMILES string of the molecule is COC(=O)CNC(=O)c1cc(Cl)c(OC)c(Cl)c1. The van der Waals surface area contributed by atoms with E-state index in [9.17, 15) is 9.59 Å². The van der Waals surface area contributed by atoms with Crippen LogP contribution in [0, 0.1) is 0 Å². The first-order valence-corrected chi connectivity index (χ1v) is 5.63. The van der Waals surface area contributed by atoms with Crippen molar-refractivity contribution in [2.75, 3.05) is 20.8 Å². The first-order valence-electron chi connectivity index (χ1n) is 4.87. The van der Waals surface area contributed by atoms with Crippen LogP contribution >= 0.6 is 23.2 Å². The Balaban J connectivity index is 2.84. The molecule has 1 N–H and O–H groups in total. The number of benzene rings is 1. The average Bonchev–Trinajstić information content (AvgIpc) is 2.34. The lowest BCUT2D eigenvalue weighted by atomic mass is 10.2. The topological polar surface area (TPSA) is 64.6 Å². The number of esters is 1. The Hall–Kier alpha value is -1.46. The molecule has 5 nitrogen and oxygen atoms in total. The van der Waals surface area contributed by atoms with Crippen LogP contribution in [0.15, 0.2) is 12.1 Å². The third-order valence-electron chi connectivity index (χ3n) is 2.09. The average molecular weight is 292 g/mol. The Kier molecular flexibility index (Phi) is 5.25. The molecule has 0 fully saturated rings. The molecule has 0 saturated heterocycles. The molecule has 98 valence electrons. The maximum Gasteiger partial charge on any atom is 0.325 e. The van der Waals surface area contributed by atoms with Crippen molar-refractivity contribution in [3.63, 3.8) is 0 Å². The largest absolute Gasteiger partial charge is 0.494 e. The van der Waals surface area contributed by atoms with Crippen LogP contribution in [0.3, 0.4) is 0 Å². The molecule has 1 rings (SSSR count). The molecule has 7 heteroatoms. The highest BCUT2D eigenvalue weighted by atomic mass is 35.5. The third kappa shape index (κ3) is 3.51. The third-order valence-corrected chi connectivity index (χ3v) is 2.65. The first-order chi connectivity index (χ1) is 8.49. The number of amides is 1. The highest BCUT2D eigenvalue weighted by molar-refractivity contribution is 6.37. The predicted octanol–water partition coefficient (Wildman–Crippen LogP) is 1.90. The van der Waals surface area contributed by atoms with Gasteiger partial charge in [0.25, 0.3) is 5.91 Å². The zero-order valence-electron chi connectivity index (χ0n) is 9.75. The number of hydrogen-bond acceptors (Lipinski definition) is 4. The monoisotopic (exact) mass is 291 g/mol. The van der Waals surface area contributed by atoms with E-state index in [4.69, 9.17) is 27.9 Å². The molecule has 0 unspecified atom stereocenters. The number of hydrogen-bond donors (Lipinski definition) is 1. The second-order valence-corrected chi connectivity index (χ2v) is 4.05. The van der Waals surface area contributed by atoms with E-state index < -0.39 is 11.9 Å². The maximum atomic E-state index is 11.7. The summed E-state index contributed by atoms with van der Waals surface area (Å²) in [5.41, 5.74) is 0.231. The number of halogens is 2. The fraction of sp³-hybridized carbons (Fsp3) is 0.273. The number of rotatable bonds is 4. The molecule has 0 heterocycles. The lowest BCUT2D eigenvalue weighted by Gasteiger charge is -2.08. The summed E-state index contributed by atoms with van der Waals surface area (Å²) in [7, 11) is 2.65. The molecule has 0 aliphatic carbocycles. The highest BCUT2D eigenvalue weighted by Gasteiger charge is 2.14. The minimum atomic E-state index is -0.547. The van der Waals surface area contributed by atoms with Crippen molar-refractivity contribution in [3.05, 3.63) is 27.7 Å². The number of carbonyl (C=O) groups is 2. The lowest BCUT2D eigenvalue weighted by molar-refractivity contribution is -0.139. The summed E-state index contributed by atoms with van der Waals surface area (Å²) in [6.45, 7) is -0.226. The molecule has 0 radical (unpaired) electrons. The van der Waals surface area contributed by atoms with Gasteiger partial charge in [0, 0.05) is 5.56 Å². The van der Waals surface area contributed by atoms with E-state index in [2.05, 4.69) is 10.1 Å². The van der Waals surface area contributed by atoms with E-state index in [0.29, 0.717) is 5.75 Å². The summed E-state index contributed by atoms with van der Waals surface area (Å²) >= 11 is 11.8. The van der Waals surface area contributed by atoms with E-state index in [1.165, 1.54) is 26.4 Å². The van der Waals surface area contributed by atoms with Crippen LogP contribution in [0.4, 0.5) is 0 Å². The van der Waals surface area contributed by atoms with Crippen LogP contribution in [0.1, 0.15) is 10.4 Å². The van der Waals surface area contributed by atoms with Gasteiger partial charge in [-0.15, -0.1) is 0 Å². The van der Waals surface area contributed by atoms with E-state index in [0.717, 1.165) is 0 Å². The molecule has 0 spiro atoms. The van der Waals surface area contributed by atoms with Gasteiger partial charge in [0.1, 0.15) is 6.54 Å². The van der Waals surface area contributed by atoms with Gasteiger partial charge < -0.3 is 14.8 Å². The van der Waals surface area contributed by atoms with Crippen LogP contribution < -0.4 is 10.1 Å². The zero-order chi connectivity index (χ0) is 13.7. The molecule has 0 saturated carbocycles. The van der Waals surface area contributed by atoms with Crippen molar-refractivity contribution >= 4 is 35.1 Å². The Morgan fingerprint density at radius 2 is 1.78 bits per heavy atom. The summed E-state index contributed by atoms with van der Waals surface area (Å²) in [6, 6.07) is 2.80. The van der Waals surface area contributed by atoms with Crippen LogP contribution in [0.2, 0.25) is 10.0 Å². The Labute approximate surface area is 114 Å². The molecule has 1 amide bonds. The highest BCUT2D eigenvalue weighted by Crippen LogP contribution is 2.33. The fourth-order valence-corrected chi connectivity index (χ4v) is 1.85. The Morgan fingerprint density at radius 1 is 1.22 bits per heavy atom. The first kappa shape index (κ1) is 14.6. The minimum absolute atomic E-state index is 0.216. The molecule has 0 aliphatic heterocycles. The molecule has 0 aromatic heterocycles. The van der Waals surface area contributed by atoms with Gasteiger partial charge in [-0.2, -0.15) is 0 Å². The van der Waals surface area contributed by atoms with Gasteiger partial charge >= 0.3 is 5.97 Å². The fourth-order valence-electron chi connectivity index (χ4n) is 1.21. The number of methoxy groups -OCH3 is 2. The predicted molar refractivity (Wildman–Crippen MR) is 67.4 cm³/mol. The Bertz CT molecular complexity index is 453. The Morgan fingerprint density at radius 3 is 2.22 bits per heavy atom. The van der Waals surface area contributed by atoms with Crippen molar-refractivity contribution in [1.29, 1.82) is 0 Å². The molecular formula is C11H11Cl2NO4. The number of ether oxygens (including phenoxy) is 2. The van der Waals surface area contributed by atoms with Crippen LogP contribution in [0.25, 0.3) is 0 Å². The molecule has 0 atom stereocenters. The molecule has 0 bridgehead atoms. The summed E-state index contributed by atoms with van der Waals surface area (Å²) in [5.74, 6) is -0.733. The van der Waals surface area contributed by atoms with Crippen LogP contribution in [-0.4, -0.2) is 32.6 Å². The molecule has 1 aromatic rings. The van der Waals surface area contributed by atoms with Crippen molar-refractivity contribution in [2.24, 2.45) is 0 Å². The second-order valence-electron chi connectivity index (χ2n) is 3.23. The normalized spacial score (nSPS) is 9.78. The van der Waals surface area contributed by atoms with Crippen LogP contribution in [0.5, 0.6) is 5.75 Å². The van der Waals surface area contributed by atoms with E-state index in [-0.39, 0.29) is 22.2 Å². The molecule has 18 heavy (non-hydrogen) atoms. The van der Waals surface area contributed by atoms with E-state index in [1.54, 1.807) is 0 Å². The number of nitrogens with one attached hydrogen (secondary N) is 1.